The number of thioether (sulfide) groups is 1. The highest BCUT2D eigenvalue weighted by atomic mass is 35.5. The molecule has 0 radical (unpaired) electrons. The molecule has 0 aliphatic rings. The van der Waals surface area contributed by atoms with Crippen molar-refractivity contribution in [1.82, 2.24) is 14.8 Å². The van der Waals surface area contributed by atoms with Gasteiger partial charge in [-0.05, 0) is 31.2 Å². The van der Waals surface area contributed by atoms with Crippen LogP contribution < -0.4 is 0 Å². The summed E-state index contributed by atoms with van der Waals surface area (Å²) in [5.41, 5.74) is 4.52. The zero-order chi connectivity index (χ0) is 25.1. The Balaban J connectivity index is 0.000000917. The van der Waals surface area contributed by atoms with Gasteiger partial charge in [0.1, 0.15) is 11.3 Å². The molecule has 3 aromatic heterocycles. The highest BCUT2D eigenvalue weighted by molar-refractivity contribution is 8.01. The first kappa shape index (κ1) is 25.2. The molecule has 0 atom stereocenters. The van der Waals surface area contributed by atoms with Gasteiger partial charge in [-0.2, -0.15) is 14.7 Å². The van der Waals surface area contributed by atoms with E-state index < -0.39 is 0 Å². The Morgan fingerprint density at radius 1 is 1.09 bits per heavy atom. The van der Waals surface area contributed by atoms with Crippen molar-refractivity contribution < 1.29 is 14.0 Å². The first-order chi connectivity index (χ1) is 16.8. The minimum Gasteiger partial charge on any atom is -0.456 e. The number of hydrogen-bond acceptors (Lipinski definition) is 7. The van der Waals surface area contributed by atoms with Gasteiger partial charge in [0.2, 0.25) is 5.13 Å². The summed E-state index contributed by atoms with van der Waals surface area (Å²) in [6, 6.07) is 15.7. The molecule has 35 heavy (non-hydrogen) atoms. The lowest BCUT2D eigenvalue weighted by molar-refractivity contribution is -0.191. The summed E-state index contributed by atoms with van der Waals surface area (Å²) in [6.45, 7) is 6.32. The van der Waals surface area contributed by atoms with Crippen molar-refractivity contribution in [3.8, 4) is 27.7 Å². The third-order valence-corrected chi connectivity index (χ3v) is 7.90. The van der Waals surface area contributed by atoms with E-state index in [-0.39, 0.29) is 6.15 Å². The SMILES string of the molecule is Cc1nn(-c2nc(-c3ccc(Cl)c(Cl)c3)c(SC(C)C)s2)cc1-c1cc2ccccc2o1.O=C=O. The van der Waals surface area contributed by atoms with Crippen LogP contribution in [0.15, 0.2) is 63.4 Å². The number of hydrogen-bond donors (Lipinski definition) is 0. The normalized spacial score (nSPS) is 10.9. The van der Waals surface area contributed by atoms with Gasteiger partial charge in [0.05, 0.1) is 31.2 Å². The van der Waals surface area contributed by atoms with Crippen molar-refractivity contribution in [2.75, 3.05) is 0 Å². The molecule has 0 bridgehead atoms. The van der Waals surface area contributed by atoms with Crippen LogP contribution in [0.25, 0.3) is 38.7 Å². The van der Waals surface area contributed by atoms with Gasteiger partial charge in [0.15, 0.2) is 0 Å². The lowest BCUT2D eigenvalue weighted by atomic mass is 10.2. The van der Waals surface area contributed by atoms with Gasteiger partial charge in [0.25, 0.3) is 0 Å². The zero-order valence-corrected chi connectivity index (χ0v) is 22.1. The van der Waals surface area contributed by atoms with Crippen LogP contribution in [0.2, 0.25) is 10.0 Å². The number of fused-ring (bicyclic) bond motifs is 1. The predicted octanol–water partition coefficient (Wildman–Crippen LogP) is 7.94. The van der Waals surface area contributed by atoms with E-state index in [9.17, 15) is 0 Å². The Morgan fingerprint density at radius 2 is 1.83 bits per heavy atom. The molecule has 0 fully saturated rings. The number of aryl methyl sites for hydroxylation is 1. The van der Waals surface area contributed by atoms with Crippen LogP contribution in [0.1, 0.15) is 19.5 Å². The molecule has 5 aromatic rings. The van der Waals surface area contributed by atoms with Crippen molar-refractivity contribution in [1.29, 1.82) is 0 Å². The maximum atomic E-state index is 8.12. The summed E-state index contributed by atoms with van der Waals surface area (Å²) in [5, 5.41) is 8.05. The Labute approximate surface area is 219 Å². The van der Waals surface area contributed by atoms with Crippen LogP contribution in [0, 0.1) is 6.92 Å². The number of halogens is 2. The third-order valence-electron chi connectivity index (χ3n) is 4.91. The van der Waals surface area contributed by atoms with Gasteiger partial charge in [-0.25, -0.2) is 9.67 Å². The number of nitrogens with zero attached hydrogens (tertiary/aromatic N) is 3. The van der Waals surface area contributed by atoms with Crippen LogP contribution >= 0.6 is 46.3 Å². The molecule has 0 amide bonds. The monoisotopic (exact) mass is 543 g/mol. The summed E-state index contributed by atoms with van der Waals surface area (Å²) < 4.78 is 9.00. The number of furan rings is 1. The van der Waals surface area contributed by atoms with Gasteiger partial charge in [-0.15, -0.1) is 11.8 Å². The van der Waals surface area contributed by atoms with Crippen molar-refractivity contribution in [3.05, 3.63) is 70.5 Å². The maximum absolute atomic E-state index is 8.12. The minimum atomic E-state index is 0.250. The molecular formula is C25H19Cl2N3O3S2. The summed E-state index contributed by atoms with van der Waals surface area (Å²) in [6.07, 6.45) is 2.23. The molecule has 3 heterocycles. The second-order valence-corrected chi connectivity index (χ2v) is 11.4. The van der Waals surface area contributed by atoms with Gasteiger partial charge < -0.3 is 4.42 Å². The molecule has 0 spiro atoms. The van der Waals surface area contributed by atoms with Crippen molar-refractivity contribution in [3.63, 3.8) is 0 Å². The van der Waals surface area contributed by atoms with Crippen molar-refractivity contribution in [2.45, 2.75) is 30.2 Å². The molecule has 10 heteroatoms. The number of para-hydroxylation sites is 1. The molecule has 5 rings (SSSR count). The Kier molecular flexibility index (Phi) is 7.79. The van der Waals surface area contributed by atoms with Crippen LogP contribution in [-0.2, 0) is 9.59 Å². The lowest BCUT2D eigenvalue weighted by Crippen LogP contribution is -1.94. The highest BCUT2D eigenvalue weighted by Gasteiger charge is 2.20. The average Bonchev–Trinajstić information content (AvgIpc) is 3.52. The zero-order valence-electron chi connectivity index (χ0n) is 18.9. The molecule has 0 saturated carbocycles. The van der Waals surface area contributed by atoms with E-state index in [0.29, 0.717) is 15.3 Å². The number of carbonyl (C=O) groups excluding carboxylic acids is 2. The number of rotatable bonds is 5. The third kappa shape index (κ3) is 5.53. The van der Waals surface area contributed by atoms with Crippen LogP contribution in [0.3, 0.4) is 0 Å². The van der Waals surface area contributed by atoms with Crippen LogP contribution in [0.5, 0.6) is 0 Å². The number of aromatic nitrogens is 3. The molecule has 0 N–H and O–H groups in total. The fourth-order valence-corrected chi connectivity index (χ4v) is 6.17. The minimum absolute atomic E-state index is 0.250. The number of thiazole rings is 1. The van der Waals surface area contributed by atoms with Crippen molar-refractivity contribution >= 4 is 63.4 Å². The second kappa shape index (κ2) is 10.8. The Hall–Kier alpha value is -2.87. The summed E-state index contributed by atoms with van der Waals surface area (Å²) in [5.74, 6) is 0.799. The average molecular weight is 544 g/mol. The molecule has 0 aliphatic heterocycles. The summed E-state index contributed by atoms with van der Waals surface area (Å²) in [4.78, 5) is 21.2. The van der Waals surface area contributed by atoms with E-state index in [1.807, 2.05) is 60.3 Å². The van der Waals surface area contributed by atoms with E-state index >= 15 is 0 Å². The standard InChI is InChI=1S/C24H19Cl2N3OS2.CO2/c1-13(2)31-23-22(16-8-9-18(25)19(26)10-16)27-24(32-23)29-12-17(14(3)28-29)21-11-15-6-4-5-7-20(15)30-21;2-1-3/h4-13H,1-3H3;. The molecule has 0 unspecified atom stereocenters. The maximum Gasteiger partial charge on any atom is 0.373 e. The van der Waals surface area contributed by atoms with E-state index in [1.54, 1.807) is 29.2 Å². The molecule has 2 aromatic carbocycles. The fourth-order valence-electron chi connectivity index (χ4n) is 3.43. The topological polar surface area (TPSA) is 78.0 Å². The van der Waals surface area contributed by atoms with E-state index in [1.165, 1.54) is 0 Å². The smallest absolute Gasteiger partial charge is 0.373 e. The van der Waals surface area contributed by atoms with Gasteiger partial charge >= 0.3 is 6.15 Å². The van der Waals surface area contributed by atoms with Crippen LogP contribution in [-0.4, -0.2) is 26.2 Å². The van der Waals surface area contributed by atoms with Gasteiger partial charge in [-0.1, -0.05) is 72.7 Å². The van der Waals surface area contributed by atoms with E-state index in [2.05, 4.69) is 13.8 Å². The van der Waals surface area contributed by atoms with Gasteiger partial charge in [0, 0.05) is 22.4 Å². The molecule has 0 aliphatic carbocycles. The van der Waals surface area contributed by atoms with E-state index in [0.717, 1.165) is 48.6 Å². The highest BCUT2D eigenvalue weighted by Crippen LogP contribution is 2.41. The first-order valence-corrected chi connectivity index (χ1v) is 12.9. The lowest BCUT2D eigenvalue weighted by Gasteiger charge is -2.05. The van der Waals surface area contributed by atoms with Crippen molar-refractivity contribution in [2.24, 2.45) is 0 Å². The molecule has 178 valence electrons. The van der Waals surface area contributed by atoms with Crippen LogP contribution in [0.4, 0.5) is 0 Å². The quantitative estimate of drug-likeness (QED) is 0.209. The second-order valence-electron chi connectivity index (χ2n) is 7.73. The molecule has 6 nitrogen and oxygen atoms in total. The number of benzene rings is 2. The largest absolute Gasteiger partial charge is 0.456 e. The first-order valence-electron chi connectivity index (χ1n) is 10.5. The molecule has 0 saturated heterocycles. The Bertz CT molecular complexity index is 1500. The summed E-state index contributed by atoms with van der Waals surface area (Å²) in [7, 11) is 0. The molecular weight excluding hydrogens is 525 g/mol. The predicted molar refractivity (Wildman–Crippen MR) is 141 cm³/mol. The Morgan fingerprint density at radius 3 is 2.51 bits per heavy atom. The van der Waals surface area contributed by atoms with E-state index in [4.69, 9.17) is 47.3 Å². The fraction of sp³-hybridized carbons (Fsp3) is 0.160. The summed E-state index contributed by atoms with van der Waals surface area (Å²) >= 11 is 15.8. The van der Waals surface area contributed by atoms with Gasteiger partial charge in [-0.3, -0.25) is 0 Å².